The number of sulfonamides is 1. The minimum Gasteiger partial charge on any atom is -0.344 e. The predicted molar refractivity (Wildman–Crippen MR) is 219 cm³/mol. The van der Waals surface area contributed by atoms with Crippen molar-refractivity contribution in [1.82, 2.24) is 44.4 Å². The molecule has 1 amide bonds. The Morgan fingerprint density at radius 1 is 0.928 bits per heavy atom. The van der Waals surface area contributed by atoms with E-state index in [4.69, 9.17) is 11.6 Å². The van der Waals surface area contributed by atoms with E-state index < -0.39 is 145 Å². The molecule has 5 heterocycles. The number of amides is 1. The number of fused-ring (bicyclic) bond motifs is 5. The van der Waals surface area contributed by atoms with Crippen molar-refractivity contribution in [2.24, 2.45) is 13.0 Å². The topological polar surface area (TPSA) is 172 Å². The van der Waals surface area contributed by atoms with Crippen molar-refractivity contribution in [1.29, 1.82) is 0 Å². The first-order valence-corrected chi connectivity index (χ1v) is 22.1. The van der Waals surface area contributed by atoms with E-state index in [2.05, 4.69) is 35.2 Å². The number of benzene rings is 2. The number of hydrogen-bond acceptors (Lipinski definition) is 9. The zero-order chi connectivity index (χ0) is 50.0. The van der Waals surface area contributed by atoms with Gasteiger partial charge in [-0.1, -0.05) is 11.6 Å². The summed E-state index contributed by atoms with van der Waals surface area (Å²) in [7, 11) is -2.77. The minimum atomic E-state index is -5.40. The highest BCUT2D eigenvalue weighted by molar-refractivity contribution is 7.92. The van der Waals surface area contributed by atoms with E-state index in [1.165, 1.54) is 19.2 Å². The summed E-state index contributed by atoms with van der Waals surface area (Å²) in [6.07, 6.45) is -14.1. The average molecular weight is 1020 g/mol. The van der Waals surface area contributed by atoms with Gasteiger partial charge in [0.25, 0.3) is 17.9 Å². The molecule has 0 saturated heterocycles. The van der Waals surface area contributed by atoms with E-state index in [0.29, 0.717) is 10.7 Å². The van der Waals surface area contributed by atoms with Crippen LogP contribution in [0, 0.1) is 17.6 Å². The standard InChI is InChI=1S/C41H27ClF12N10O4S/c1-62-32-26(6-4-22(42)30(32)36(60-62)61-69(2,67)68)64-37(58-35-19(38(64)66)3-5-23(57-35)24-10-16(40(49,50)51)11-27(55-24)41(52,53)54)25(9-15-7-17(43)12-18(44)8-15)56-28(65)14-63-33-29(31(59-63)34(45)46)20-13-21(20)39(33,47)48/h3-8,10-12,20-21,25,34H,9,13-14H2,1-2H3,(H,56,65)(H,60,61)/t20-,21+,25-/m0/s1. The highest BCUT2D eigenvalue weighted by Gasteiger charge is 2.67. The van der Waals surface area contributed by atoms with Crippen LogP contribution in [0.3, 0.4) is 0 Å². The average Bonchev–Trinajstić information content (AvgIpc) is 3.77. The third-order valence-corrected chi connectivity index (χ3v) is 12.3. The van der Waals surface area contributed by atoms with Gasteiger partial charge in [-0.15, -0.1) is 0 Å². The predicted octanol–water partition coefficient (Wildman–Crippen LogP) is 8.51. The van der Waals surface area contributed by atoms with Crippen molar-refractivity contribution >= 4 is 55.3 Å². The van der Waals surface area contributed by atoms with E-state index in [0.717, 1.165) is 39.8 Å². The van der Waals surface area contributed by atoms with E-state index in [9.17, 15) is 61.9 Å². The van der Waals surface area contributed by atoms with Crippen LogP contribution in [0.4, 0.5) is 58.5 Å². The molecule has 1 saturated carbocycles. The maximum absolute atomic E-state index is 15.5. The lowest BCUT2D eigenvalue weighted by Crippen LogP contribution is -2.38. The van der Waals surface area contributed by atoms with Gasteiger partial charge in [0, 0.05) is 31.0 Å². The molecule has 0 unspecified atom stereocenters. The molecule has 0 spiro atoms. The first-order valence-electron chi connectivity index (χ1n) is 19.9. The number of hydrogen-bond donors (Lipinski definition) is 2. The number of carbonyl (C=O) groups is 1. The second kappa shape index (κ2) is 16.2. The van der Waals surface area contributed by atoms with Crippen molar-refractivity contribution in [3.8, 4) is 17.1 Å². The molecule has 14 nitrogen and oxygen atoms in total. The molecule has 362 valence electrons. The molecule has 5 aromatic heterocycles. The molecule has 0 radical (unpaired) electrons. The van der Waals surface area contributed by atoms with Crippen LogP contribution in [0.5, 0.6) is 0 Å². The number of halogens is 13. The lowest BCUT2D eigenvalue weighted by molar-refractivity contribution is -0.145. The molecule has 7 aromatic rings. The highest BCUT2D eigenvalue weighted by Crippen LogP contribution is 2.68. The molecule has 3 atom stereocenters. The van der Waals surface area contributed by atoms with Gasteiger partial charge in [0.15, 0.2) is 11.5 Å². The Labute approximate surface area is 383 Å². The molecule has 28 heteroatoms. The summed E-state index contributed by atoms with van der Waals surface area (Å²) < 4.78 is 201. The monoisotopic (exact) mass is 1020 g/mol. The molecular weight excluding hydrogens is 992 g/mol. The Bertz CT molecular complexity index is 3430. The maximum Gasteiger partial charge on any atom is 0.433 e. The summed E-state index contributed by atoms with van der Waals surface area (Å²) in [5, 5.41) is 9.48. The van der Waals surface area contributed by atoms with Crippen LogP contribution in [-0.4, -0.2) is 59.7 Å². The van der Waals surface area contributed by atoms with Gasteiger partial charge in [0.2, 0.25) is 15.9 Å². The fraction of sp³-hybridized carbons (Fsp3) is 0.293. The van der Waals surface area contributed by atoms with Crippen molar-refractivity contribution in [2.75, 3.05) is 11.0 Å². The van der Waals surface area contributed by atoms with Crippen LogP contribution >= 0.6 is 11.6 Å². The Morgan fingerprint density at radius 2 is 1.62 bits per heavy atom. The van der Waals surface area contributed by atoms with Crippen molar-refractivity contribution in [2.45, 2.75) is 56.0 Å². The largest absolute Gasteiger partial charge is 0.433 e. The number of carbonyl (C=O) groups excluding carboxylic acids is 1. The molecule has 2 N–H and O–H groups in total. The van der Waals surface area contributed by atoms with Gasteiger partial charge < -0.3 is 5.32 Å². The van der Waals surface area contributed by atoms with Crippen LogP contribution < -0.4 is 15.6 Å². The maximum atomic E-state index is 15.5. The Balaban J connectivity index is 1.28. The molecule has 1 fully saturated rings. The van der Waals surface area contributed by atoms with E-state index in [-0.39, 0.29) is 51.5 Å². The van der Waals surface area contributed by atoms with Gasteiger partial charge in [-0.05, 0) is 66.4 Å². The molecule has 2 aliphatic carbocycles. The van der Waals surface area contributed by atoms with Gasteiger partial charge >= 0.3 is 12.4 Å². The number of aromatic nitrogens is 8. The van der Waals surface area contributed by atoms with Crippen LogP contribution in [0.2, 0.25) is 5.02 Å². The normalized spacial score (nSPS) is 17.1. The second-order valence-corrected chi connectivity index (χ2v) is 18.4. The summed E-state index contributed by atoms with van der Waals surface area (Å²) in [6, 6.07) is 4.40. The fourth-order valence-electron chi connectivity index (χ4n) is 8.57. The minimum absolute atomic E-state index is 0.113. The van der Waals surface area contributed by atoms with Gasteiger partial charge in [-0.3, -0.25) is 28.2 Å². The highest BCUT2D eigenvalue weighted by atomic mass is 35.5. The van der Waals surface area contributed by atoms with Gasteiger partial charge in [0.05, 0.1) is 56.2 Å². The Hall–Kier alpha value is -6.77. The summed E-state index contributed by atoms with van der Waals surface area (Å²) >= 11 is 6.55. The van der Waals surface area contributed by atoms with Crippen molar-refractivity contribution in [3.05, 3.63) is 121 Å². The number of pyridine rings is 2. The number of nitrogens with zero attached hydrogens (tertiary/aromatic N) is 8. The van der Waals surface area contributed by atoms with E-state index >= 15 is 8.78 Å². The number of rotatable bonds is 11. The molecule has 69 heavy (non-hydrogen) atoms. The van der Waals surface area contributed by atoms with Crippen molar-refractivity contribution in [3.63, 3.8) is 0 Å². The van der Waals surface area contributed by atoms with Gasteiger partial charge in [-0.25, -0.2) is 40.9 Å². The third-order valence-electron chi connectivity index (χ3n) is 11.4. The summed E-state index contributed by atoms with van der Waals surface area (Å²) in [4.78, 5) is 41.0. The first-order chi connectivity index (χ1) is 32.1. The lowest BCUT2D eigenvalue weighted by atomic mass is 10.0. The summed E-state index contributed by atoms with van der Waals surface area (Å²) in [5.41, 5.74) is -10.3. The number of anilines is 1. The van der Waals surface area contributed by atoms with Crippen molar-refractivity contribution < 1.29 is 65.9 Å². The third kappa shape index (κ3) is 8.58. The molecule has 2 aromatic carbocycles. The molecule has 0 bridgehead atoms. The molecular formula is C41H27ClF12N10O4S. The SMILES string of the molecule is Cn1nc(NS(C)(=O)=O)c2c(Cl)ccc(-n3c([C@H](Cc4cc(F)cc(F)c4)NC(=O)Cn4nc(C(F)F)c5c4C(F)(F)[C@@H]4C[C@H]54)nc4nc(-c5cc(C(F)(F)F)cc(C(F)(F)F)n5)ccc4c3=O)c21. The van der Waals surface area contributed by atoms with Gasteiger partial charge in [0.1, 0.15) is 41.1 Å². The van der Waals surface area contributed by atoms with Gasteiger partial charge in [-0.2, -0.15) is 45.3 Å². The fourth-order valence-corrected chi connectivity index (χ4v) is 9.31. The second-order valence-electron chi connectivity index (χ2n) is 16.2. The summed E-state index contributed by atoms with van der Waals surface area (Å²) in [5.74, 6) is -10.6. The zero-order valence-corrected chi connectivity index (χ0v) is 36.2. The number of nitrogens with one attached hydrogen (secondary N) is 2. The smallest absolute Gasteiger partial charge is 0.344 e. The lowest BCUT2D eigenvalue weighted by Gasteiger charge is -2.24. The zero-order valence-electron chi connectivity index (χ0n) is 34.7. The van der Waals surface area contributed by atoms with Crippen LogP contribution in [0.25, 0.3) is 39.0 Å². The van der Waals surface area contributed by atoms with Crippen LogP contribution in [0.15, 0.2) is 59.4 Å². The van der Waals surface area contributed by atoms with Crippen LogP contribution in [0.1, 0.15) is 64.4 Å². The number of alkyl halides is 10. The molecule has 2 aliphatic rings. The Morgan fingerprint density at radius 3 is 2.26 bits per heavy atom. The first kappa shape index (κ1) is 47.3. The van der Waals surface area contributed by atoms with E-state index in [1.807, 2.05) is 0 Å². The molecule has 0 aliphatic heterocycles. The van der Waals surface area contributed by atoms with E-state index in [1.54, 1.807) is 0 Å². The number of aryl methyl sites for hydroxylation is 1. The quantitative estimate of drug-likeness (QED) is 0.121. The Kier molecular flexibility index (Phi) is 11.1. The molecule has 9 rings (SSSR count). The van der Waals surface area contributed by atoms with Crippen LogP contribution in [-0.2, 0) is 53.1 Å². The summed E-state index contributed by atoms with van der Waals surface area (Å²) in [6.45, 7) is -1.19.